The fourth-order valence-corrected chi connectivity index (χ4v) is 4.64. The quantitative estimate of drug-likeness (QED) is 0.270. The zero-order valence-electron chi connectivity index (χ0n) is 13.5. The van der Waals surface area contributed by atoms with Crippen molar-refractivity contribution in [2.45, 2.75) is 103 Å². The summed E-state index contributed by atoms with van der Waals surface area (Å²) in [7, 11) is 0.299. The molecule has 0 nitrogen and oxygen atoms in total. The average molecular weight is 271 g/mol. The van der Waals surface area contributed by atoms with Gasteiger partial charge in [0.15, 0.2) is 0 Å². The first-order valence-electron chi connectivity index (χ1n) is 8.81. The van der Waals surface area contributed by atoms with Crippen molar-refractivity contribution in [3.63, 3.8) is 0 Å². The van der Waals surface area contributed by atoms with Crippen molar-refractivity contribution >= 4 is 9.52 Å². The van der Waals surface area contributed by atoms with E-state index in [-0.39, 0.29) is 0 Å². The van der Waals surface area contributed by atoms with Crippen LogP contribution in [0.4, 0.5) is 0 Å². The van der Waals surface area contributed by atoms with Crippen LogP contribution >= 0.6 is 0 Å². The first-order valence-corrected chi connectivity index (χ1v) is 10.8. The molecule has 0 N–H and O–H groups in total. The Kier molecular flexibility index (Phi) is 15.5. The van der Waals surface area contributed by atoms with E-state index in [1.54, 1.807) is 18.5 Å². The summed E-state index contributed by atoms with van der Waals surface area (Å²) in [5, 5.41) is 0. The van der Waals surface area contributed by atoms with Gasteiger partial charge in [0.05, 0.1) is 0 Å². The standard InChI is InChI=1S/C17H38Si/c1-4-6-7-8-9-10-11-12-13-14-15-18-16-17(3)5-2/h17H,4-16,18H2,1-3H3/t17-/m0/s1. The summed E-state index contributed by atoms with van der Waals surface area (Å²) in [6, 6.07) is 3.20. The van der Waals surface area contributed by atoms with Crippen LogP contribution in [-0.2, 0) is 0 Å². The monoisotopic (exact) mass is 270 g/mol. The van der Waals surface area contributed by atoms with Crippen molar-refractivity contribution in [1.29, 1.82) is 0 Å². The minimum atomic E-state index is 0.299. The molecule has 0 aromatic heterocycles. The molecule has 110 valence electrons. The number of hydrogen-bond donors (Lipinski definition) is 0. The highest BCUT2D eigenvalue weighted by Crippen LogP contribution is 2.13. The summed E-state index contributed by atoms with van der Waals surface area (Å²) >= 11 is 0. The Bertz CT molecular complexity index is 145. The summed E-state index contributed by atoms with van der Waals surface area (Å²) in [5.41, 5.74) is 0. The van der Waals surface area contributed by atoms with Crippen molar-refractivity contribution < 1.29 is 0 Å². The van der Waals surface area contributed by atoms with Crippen molar-refractivity contribution in [3.05, 3.63) is 0 Å². The van der Waals surface area contributed by atoms with Gasteiger partial charge in [-0.2, -0.15) is 0 Å². The van der Waals surface area contributed by atoms with Gasteiger partial charge in [0.2, 0.25) is 0 Å². The lowest BCUT2D eigenvalue weighted by Crippen LogP contribution is -1.98. The first kappa shape index (κ1) is 18.2. The van der Waals surface area contributed by atoms with Gasteiger partial charge in [0, 0.05) is 9.52 Å². The van der Waals surface area contributed by atoms with Crippen molar-refractivity contribution in [2.75, 3.05) is 0 Å². The largest absolute Gasteiger partial charge is 0.0654 e. The third-order valence-electron chi connectivity index (χ3n) is 4.25. The van der Waals surface area contributed by atoms with Crippen molar-refractivity contribution in [3.8, 4) is 0 Å². The number of unbranched alkanes of at least 4 members (excludes halogenated alkanes) is 9. The lowest BCUT2D eigenvalue weighted by Gasteiger charge is -2.06. The highest BCUT2D eigenvalue weighted by Gasteiger charge is 1.98. The van der Waals surface area contributed by atoms with Gasteiger partial charge in [-0.25, -0.2) is 0 Å². The van der Waals surface area contributed by atoms with Crippen LogP contribution < -0.4 is 0 Å². The van der Waals surface area contributed by atoms with Gasteiger partial charge in [0.1, 0.15) is 0 Å². The maximum absolute atomic E-state index is 2.42. The van der Waals surface area contributed by atoms with Crippen molar-refractivity contribution in [1.82, 2.24) is 0 Å². The van der Waals surface area contributed by atoms with E-state index in [1.807, 2.05) is 0 Å². The fourth-order valence-electron chi connectivity index (χ4n) is 2.54. The van der Waals surface area contributed by atoms with Crippen LogP contribution in [0.2, 0.25) is 12.1 Å². The summed E-state index contributed by atoms with van der Waals surface area (Å²) in [4.78, 5) is 0. The third kappa shape index (κ3) is 14.3. The smallest absolute Gasteiger partial charge is 0.0200 e. The molecule has 0 unspecified atom stereocenters. The van der Waals surface area contributed by atoms with Crippen LogP contribution in [0.5, 0.6) is 0 Å². The summed E-state index contributed by atoms with van der Waals surface area (Å²) in [6.07, 6.45) is 16.2. The van der Waals surface area contributed by atoms with Crippen LogP contribution in [0.1, 0.15) is 91.4 Å². The molecule has 0 saturated heterocycles. The zero-order chi connectivity index (χ0) is 13.5. The second-order valence-electron chi connectivity index (χ2n) is 6.19. The van der Waals surface area contributed by atoms with E-state index >= 15 is 0 Å². The molecule has 0 fully saturated rings. The lowest BCUT2D eigenvalue weighted by atomic mass is 10.1. The van der Waals surface area contributed by atoms with Gasteiger partial charge in [-0.05, 0) is 5.92 Å². The molecule has 0 amide bonds. The second kappa shape index (κ2) is 15.3. The van der Waals surface area contributed by atoms with E-state index in [4.69, 9.17) is 0 Å². The Labute approximate surface area is 119 Å². The van der Waals surface area contributed by atoms with E-state index in [1.165, 1.54) is 64.2 Å². The molecule has 0 spiro atoms. The van der Waals surface area contributed by atoms with E-state index in [2.05, 4.69) is 20.8 Å². The molecule has 0 aromatic carbocycles. The van der Waals surface area contributed by atoms with Gasteiger partial charge in [-0.3, -0.25) is 0 Å². The van der Waals surface area contributed by atoms with E-state index in [9.17, 15) is 0 Å². The van der Waals surface area contributed by atoms with Crippen molar-refractivity contribution in [2.24, 2.45) is 5.92 Å². The van der Waals surface area contributed by atoms with Gasteiger partial charge >= 0.3 is 0 Å². The molecule has 0 saturated carbocycles. The molecule has 0 heterocycles. The van der Waals surface area contributed by atoms with Crippen LogP contribution in [0, 0.1) is 5.92 Å². The second-order valence-corrected chi connectivity index (χ2v) is 8.18. The molecule has 1 heteroatoms. The summed E-state index contributed by atoms with van der Waals surface area (Å²) in [5.74, 6) is 1.01. The Morgan fingerprint density at radius 1 is 0.722 bits per heavy atom. The highest BCUT2D eigenvalue weighted by atomic mass is 28.2. The van der Waals surface area contributed by atoms with E-state index < -0.39 is 0 Å². The molecule has 18 heavy (non-hydrogen) atoms. The maximum Gasteiger partial charge on any atom is 0.0200 e. The number of rotatable bonds is 14. The van der Waals surface area contributed by atoms with Gasteiger partial charge < -0.3 is 0 Å². The molecule has 0 rings (SSSR count). The third-order valence-corrected chi connectivity index (χ3v) is 6.64. The molecule has 0 bridgehead atoms. The predicted molar refractivity (Wildman–Crippen MR) is 89.5 cm³/mol. The minimum Gasteiger partial charge on any atom is -0.0654 e. The fraction of sp³-hybridized carbons (Fsp3) is 1.00. The average Bonchev–Trinajstić information content (AvgIpc) is 2.39. The van der Waals surface area contributed by atoms with E-state index in [0.29, 0.717) is 9.52 Å². The summed E-state index contributed by atoms with van der Waals surface area (Å²) < 4.78 is 0. The van der Waals surface area contributed by atoms with Gasteiger partial charge in [0.25, 0.3) is 0 Å². The Morgan fingerprint density at radius 3 is 1.72 bits per heavy atom. The molecule has 0 aliphatic rings. The Hall–Kier alpha value is 0.217. The number of hydrogen-bond acceptors (Lipinski definition) is 0. The normalized spacial score (nSPS) is 13.5. The summed E-state index contributed by atoms with van der Waals surface area (Å²) in [6.45, 7) is 7.05. The maximum atomic E-state index is 2.42. The minimum absolute atomic E-state index is 0.299. The Morgan fingerprint density at radius 2 is 1.22 bits per heavy atom. The van der Waals surface area contributed by atoms with Crippen LogP contribution in [-0.4, -0.2) is 9.52 Å². The molecule has 0 aliphatic carbocycles. The Balaban J connectivity index is 2.94. The topological polar surface area (TPSA) is 0 Å². The molecule has 1 atom stereocenters. The van der Waals surface area contributed by atoms with Gasteiger partial charge in [-0.1, -0.05) is 103 Å². The molecule has 0 radical (unpaired) electrons. The molecular weight excluding hydrogens is 232 g/mol. The van der Waals surface area contributed by atoms with Gasteiger partial charge in [-0.15, -0.1) is 0 Å². The zero-order valence-corrected chi connectivity index (χ0v) is 14.9. The highest BCUT2D eigenvalue weighted by molar-refractivity contribution is 6.35. The van der Waals surface area contributed by atoms with Crippen LogP contribution in [0.15, 0.2) is 0 Å². The predicted octanol–water partition coefficient (Wildman–Crippen LogP) is 5.96. The SMILES string of the molecule is CCCCCCCCCCCC[SiH2]C[C@@H](C)CC. The van der Waals surface area contributed by atoms with Crippen LogP contribution in [0.3, 0.4) is 0 Å². The molecule has 0 aliphatic heterocycles. The molecule has 0 aromatic rings. The van der Waals surface area contributed by atoms with E-state index in [0.717, 1.165) is 5.92 Å². The lowest BCUT2D eigenvalue weighted by molar-refractivity contribution is 0.561. The van der Waals surface area contributed by atoms with Crippen LogP contribution in [0.25, 0.3) is 0 Å². The first-order chi connectivity index (χ1) is 8.81. The molecular formula is C17H38Si.